The summed E-state index contributed by atoms with van der Waals surface area (Å²) in [6.07, 6.45) is 1.93. The van der Waals surface area contributed by atoms with Gasteiger partial charge in [0.1, 0.15) is 10.8 Å². The van der Waals surface area contributed by atoms with Crippen LogP contribution in [0, 0.1) is 0 Å². The van der Waals surface area contributed by atoms with Crippen LogP contribution in [0.5, 0.6) is 5.75 Å². The maximum atomic E-state index is 11.8. The first-order valence-electron chi connectivity index (χ1n) is 21.0. The van der Waals surface area contributed by atoms with Crippen LogP contribution in [0.2, 0.25) is 0 Å². The summed E-state index contributed by atoms with van der Waals surface area (Å²) in [6, 6.07) is 52.4. The number of hydrogen-bond acceptors (Lipinski definition) is 4. The first-order valence-corrected chi connectivity index (χ1v) is 21.9. The molecule has 0 amide bonds. The van der Waals surface area contributed by atoms with E-state index in [1.54, 1.807) is 11.3 Å². The van der Waals surface area contributed by atoms with Gasteiger partial charge in [-0.05, 0) is 91.7 Å². The molecule has 3 nitrogen and oxygen atoms in total. The van der Waals surface area contributed by atoms with E-state index in [0.717, 1.165) is 59.9 Å². The summed E-state index contributed by atoms with van der Waals surface area (Å²) in [5, 5.41) is 12.7. The molecule has 0 radical (unpaired) electrons. The van der Waals surface area contributed by atoms with Crippen LogP contribution in [-0.2, 0) is 21.7 Å². The molecule has 0 bridgehead atoms. The normalized spacial score (nSPS) is 12.6. The van der Waals surface area contributed by atoms with Gasteiger partial charge < -0.3 is 5.11 Å². The molecule has 0 aliphatic rings. The third-order valence-electron chi connectivity index (χ3n) is 12.4. The lowest BCUT2D eigenvalue weighted by atomic mass is 9.76. The number of benzene rings is 6. The van der Waals surface area contributed by atoms with Crippen molar-refractivity contribution in [2.45, 2.75) is 90.9 Å². The van der Waals surface area contributed by atoms with Gasteiger partial charge in [0, 0.05) is 33.7 Å². The highest BCUT2D eigenvalue weighted by Crippen LogP contribution is 2.46. The van der Waals surface area contributed by atoms with Crippen molar-refractivity contribution >= 4 is 21.6 Å². The number of aromatic nitrogens is 2. The number of phenols is 1. The van der Waals surface area contributed by atoms with Gasteiger partial charge in [0.2, 0.25) is 0 Å². The summed E-state index contributed by atoms with van der Waals surface area (Å²) in [5.41, 5.74) is 14.5. The van der Waals surface area contributed by atoms with E-state index in [1.165, 1.54) is 27.8 Å². The van der Waals surface area contributed by atoms with Gasteiger partial charge in [-0.3, -0.25) is 4.98 Å². The molecule has 0 atom stereocenters. The first-order chi connectivity index (χ1) is 28.4. The van der Waals surface area contributed by atoms with Crippen molar-refractivity contribution in [1.29, 1.82) is 0 Å². The molecular weight excluding hydrogens is 749 g/mol. The summed E-state index contributed by atoms with van der Waals surface area (Å²) in [6.45, 7) is 22.3. The van der Waals surface area contributed by atoms with Crippen molar-refractivity contribution in [3.8, 4) is 49.8 Å². The maximum absolute atomic E-state index is 11.8. The van der Waals surface area contributed by atoms with Crippen molar-refractivity contribution in [2.24, 2.45) is 0 Å². The number of thiazole rings is 1. The molecule has 0 saturated heterocycles. The zero-order valence-corrected chi connectivity index (χ0v) is 37.5. The number of nitrogens with zero attached hydrogens (tertiary/aromatic N) is 2. The van der Waals surface area contributed by atoms with Crippen molar-refractivity contribution < 1.29 is 5.11 Å². The molecule has 2 aromatic heterocycles. The molecule has 2 heterocycles. The Labute approximate surface area is 360 Å². The molecule has 8 rings (SSSR count). The van der Waals surface area contributed by atoms with Crippen LogP contribution in [-0.4, -0.2) is 15.1 Å². The topological polar surface area (TPSA) is 46.0 Å². The lowest BCUT2D eigenvalue weighted by Crippen LogP contribution is -2.19. The van der Waals surface area contributed by atoms with Crippen molar-refractivity contribution in [3.05, 3.63) is 185 Å². The second-order valence-electron chi connectivity index (χ2n) is 19.4. The van der Waals surface area contributed by atoms with Crippen LogP contribution in [0.1, 0.15) is 103 Å². The average Bonchev–Trinajstić information content (AvgIpc) is 3.68. The van der Waals surface area contributed by atoms with Crippen LogP contribution in [0.4, 0.5) is 0 Å². The van der Waals surface area contributed by atoms with Crippen molar-refractivity contribution in [3.63, 3.8) is 0 Å². The number of hydrogen-bond donors (Lipinski definition) is 1. The average molecular weight is 805 g/mol. The second-order valence-corrected chi connectivity index (χ2v) is 20.4. The Morgan fingerprint density at radius 1 is 0.450 bits per heavy atom. The first kappa shape index (κ1) is 40.9. The highest BCUT2D eigenvalue weighted by Gasteiger charge is 2.29. The van der Waals surface area contributed by atoms with Crippen LogP contribution in [0.3, 0.4) is 0 Å². The third kappa shape index (κ3) is 7.82. The Kier molecular flexibility index (Phi) is 10.4. The lowest BCUT2D eigenvalue weighted by molar-refractivity contribution is 0.446. The molecule has 0 saturated carbocycles. The summed E-state index contributed by atoms with van der Waals surface area (Å²) in [4.78, 5) is 10.4. The van der Waals surface area contributed by atoms with E-state index in [1.807, 2.05) is 6.20 Å². The second kappa shape index (κ2) is 15.3. The molecule has 8 aromatic rings. The number of pyridine rings is 1. The Morgan fingerprint density at radius 3 is 1.67 bits per heavy atom. The number of phenolic OH excluding ortho intramolecular Hbond substituents is 1. The molecule has 302 valence electrons. The minimum Gasteiger partial charge on any atom is -0.507 e. The SMILES string of the molecule is CC(C)(C)c1cc(-c2nc3c(-c4cc(-c5cc(-c6ccc(C(C)(C)c7ccccc7)cc6)ccn5)cc(C(C)(C)c5ccccc5)c4)cccc3s2)c(O)c(C(C)(C)C)c1. The number of aromatic hydroxyl groups is 1. The zero-order chi connectivity index (χ0) is 42.6. The molecule has 60 heavy (non-hydrogen) atoms. The molecule has 1 N–H and O–H groups in total. The third-order valence-corrected chi connectivity index (χ3v) is 13.4. The molecule has 6 aromatic carbocycles. The molecule has 0 unspecified atom stereocenters. The van der Waals surface area contributed by atoms with Crippen LogP contribution in [0.25, 0.3) is 54.3 Å². The van der Waals surface area contributed by atoms with Crippen LogP contribution >= 0.6 is 11.3 Å². The van der Waals surface area contributed by atoms with Gasteiger partial charge in [-0.2, -0.15) is 0 Å². The Balaban J connectivity index is 1.26. The van der Waals surface area contributed by atoms with E-state index in [-0.39, 0.29) is 21.7 Å². The van der Waals surface area contributed by atoms with E-state index in [9.17, 15) is 5.11 Å². The van der Waals surface area contributed by atoms with E-state index in [2.05, 4.69) is 215 Å². The van der Waals surface area contributed by atoms with Crippen LogP contribution in [0.15, 0.2) is 152 Å². The van der Waals surface area contributed by atoms with E-state index < -0.39 is 0 Å². The number of rotatable bonds is 8. The summed E-state index contributed by atoms with van der Waals surface area (Å²) < 4.78 is 1.08. The fourth-order valence-electron chi connectivity index (χ4n) is 8.28. The fraction of sp³-hybridized carbons (Fsp3) is 0.250. The highest BCUT2D eigenvalue weighted by atomic mass is 32.1. The smallest absolute Gasteiger partial charge is 0.129 e. The summed E-state index contributed by atoms with van der Waals surface area (Å²) in [7, 11) is 0. The minimum absolute atomic E-state index is 0.0965. The van der Waals surface area contributed by atoms with E-state index in [4.69, 9.17) is 9.97 Å². The summed E-state index contributed by atoms with van der Waals surface area (Å²) in [5.74, 6) is 0.311. The number of fused-ring (bicyclic) bond motifs is 1. The molecule has 4 heteroatoms. The molecular formula is C56H56N2OS. The fourth-order valence-corrected chi connectivity index (χ4v) is 9.29. The summed E-state index contributed by atoms with van der Waals surface area (Å²) >= 11 is 1.64. The Bertz CT molecular complexity index is 2820. The number of para-hydroxylation sites is 1. The van der Waals surface area contributed by atoms with Crippen molar-refractivity contribution in [2.75, 3.05) is 0 Å². The monoisotopic (exact) mass is 804 g/mol. The highest BCUT2D eigenvalue weighted by molar-refractivity contribution is 7.21. The van der Waals surface area contributed by atoms with Crippen LogP contribution < -0.4 is 0 Å². The minimum atomic E-state index is -0.297. The molecule has 0 aliphatic heterocycles. The standard InChI is InChI=1S/C56H56N2OS/c1-53(2,3)43-34-46(51(59)47(35-43)54(4,5)6)52-58-50-45(22-17-23-49(50)60-52)38-30-39(32-44(31-38)56(9,10)41-20-15-12-16-21-41)48-33-37(28-29-57-48)36-24-26-42(27-25-36)55(7,8)40-18-13-11-14-19-40/h11-35,59H,1-10H3. The van der Waals surface area contributed by atoms with Gasteiger partial charge in [0.15, 0.2) is 0 Å². The molecule has 0 aliphatic carbocycles. The lowest BCUT2D eigenvalue weighted by Gasteiger charge is -2.27. The quantitative estimate of drug-likeness (QED) is 0.166. The Hall–Kier alpha value is -5.84. The van der Waals surface area contributed by atoms with Gasteiger partial charge in [0.05, 0.1) is 21.5 Å². The maximum Gasteiger partial charge on any atom is 0.129 e. The van der Waals surface area contributed by atoms with Crippen molar-refractivity contribution in [1.82, 2.24) is 9.97 Å². The van der Waals surface area contributed by atoms with E-state index in [0.29, 0.717) is 5.75 Å². The zero-order valence-electron chi connectivity index (χ0n) is 36.7. The van der Waals surface area contributed by atoms with Gasteiger partial charge in [-0.15, -0.1) is 11.3 Å². The van der Waals surface area contributed by atoms with Gasteiger partial charge >= 0.3 is 0 Å². The van der Waals surface area contributed by atoms with E-state index >= 15 is 0 Å². The largest absolute Gasteiger partial charge is 0.507 e. The van der Waals surface area contributed by atoms with Gasteiger partial charge in [0.25, 0.3) is 0 Å². The molecule has 0 fully saturated rings. The Morgan fingerprint density at radius 2 is 1.05 bits per heavy atom. The predicted molar refractivity (Wildman–Crippen MR) is 255 cm³/mol. The predicted octanol–water partition coefficient (Wildman–Crippen LogP) is 15.3. The molecule has 0 spiro atoms. The van der Waals surface area contributed by atoms with Gasteiger partial charge in [-0.25, -0.2) is 4.98 Å². The van der Waals surface area contributed by atoms with Gasteiger partial charge in [-0.1, -0.05) is 178 Å².